The molecule has 2 aromatic rings. The first kappa shape index (κ1) is 8.95. The third kappa shape index (κ3) is 1.44. The van der Waals surface area contributed by atoms with Crippen LogP contribution in [0.4, 0.5) is 0 Å². The molecule has 0 amide bonds. The van der Waals surface area contributed by atoms with Crippen LogP contribution in [0.3, 0.4) is 0 Å². The summed E-state index contributed by atoms with van der Waals surface area (Å²) in [7, 11) is 0. The minimum Gasteiger partial charge on any atom is -0.357 e. The molecule has 3 heteroatoms. The van der Waals surface area contributed by atoms with Gasteiger partial charge in [0.2, 0.25) is 0 Å². The molecule has 0 aliphatic carbocycles. The molecule has 78 valence electrons. The van der Waals surface area contributed by atoms with Crippen LogP contribution in [0.1, 0.15) is 24.6 Å². The normalized spacial score (nSPS) is 22.6. The number of aromatic amines is 1. The topological polar surface area (TPSA) is 45.0 Å². The van der Waals surface area contributed by atoms with Crippen LogP contribution in [0.2, 0.25) is 0 Å². The van der Waals surface area contributed by atoms with E-state index in [0.29, 0.717) is 6.04 Å². The van der Waals surface area contributed by atoms with Gasteiger partial charge in [-0.3, -0.25) is 5.84 Å². The van der Waals surface area contributed by atoms with E-state index >= 15 is 0 Å². The number of nitrogens with one attached hydrogen (secondary N) is 1. The van der Waals surface area contributed by atoms with Crippen molar-refractivity contribution >= 4 is 10.9 Å². The van der Waals surface area contributed by atoms with E-state index in [2.05, 4.69) is 35.3 Å². The lowest BCUT2D eigenvalue weighted by atomic mass is 10.1. The number of hydrogen-bond acceptors (Lipinski definition) is 2. The predicted molar refractivity (Wildman–Crippen MR) is 61.2 cm³/mol. The third-order valence-electron chi connectivity index (χ3n) is 3.20. The largest absolute Gasteiger partial charge is 0.357 e. The second kappa shape index (κ2) is 3.36. The molecule has 0 radical (unpaired) electrons. The van der Waals surface area contributed by atoms with Crippen LogP contribution in [0.15, 0.2) is 30.3 Å². The lowest BCUT2D eigenvalue weighted by Gasteiger charge is -2.17. The van der Waals surface area contributed by atoms with E-state index in [4.69, 9.17) is 5.84 Å². The van der Waals surface area contributed by atoms with Gasteiger partial charge in [-0.25, -0.2) is 5.01 Å². The molecule has 1 aliphatic heterocycles. The number of aromatic nitrogens is 1. The number of para-hydroxylation sites is 1. The Balaban J connectivity index is 2.04. The van der Waals surface area contributed by atoms with Crippen molar-refractivity contribution in [1.82, 2.24) is 9.99 Å². The molecule has 0 saturated carbocycles. The molecular formula is C12H15N3. The monoisotopic (exact) mass is 201 g/mol. The smallest absolute Gasteiger partial charge is 0.0641 e. The Bertz CT molecular complexity index is 441. The number of fused-ring (bicyclic) bond motifs is 1. The molecule has 1 aliphatic rings. The second-order valence-corrected chi connectivity index (χ2v) is 4.21. The van der Waals surface area contributed by atoms with Gasteiger partial charge in [-0.2, -0.15) is 0 Å². The van der Waals surface area contributed by atoms with Gasteiger partial charge in [0.1, 0.15) is 0 Å². The van der Waals surface area contributed by atoms with Crippen LogP contribution in [-0.4, -0.2) is 16.5 Å². The van der Waals surface area contributed by atoms with Crippen molar-refractivity contribution in [3.63, 3.8) is 0 Å². The van der Waals surface area contributed by atoms with E-state index in [0.717, 1.165) is 13.0 Å². The number of rotatable bonds is 1. The molecule has 1 unspecified atom stereocenters. The van der Waals surface area contributed by atoms with Crippen LogP contribution in [0, 0.1) is 0 Å². The Hall–Kier alpha value is -1.32. The van der Waals surface area contributed by atoms with Crippen LogP contribution in [-0.2, 0) is 0 Å². The molecule has 3 nitrogen and oxygen atoms in total. The Morgan fingerprint density at radius 2 is 2.20 bits per heavy atom. The summed E-state index contributed by atoms with van der Waals surface area (Å²) in [6.07, 6.45) is 2.35. The maximum atomic E-state index is 5.95. The summed E-state index contributed by atoms with van der Waals surface area (Å²) in [4.78, 5) is 3.45. The van der Waals surface area contributed by atoms with Crippen LogP contribution >= 0.6 is 0 Å². The maximum absolute atomic E-state index is 5.95. The maximum Gasteiger partial charge on any atom is 0.0641 e. The third-order valence-corrected chi connectivity index (χ3v) is 3.20. The van der Waals surface area contributed by atoms with E-state index in [-0.39, 0.29) is 0 Å². The zero-order valence-corrected chi connectivity index (χ0v) is 8.61. The van der Waals surface area contributed by atoms with Crippen LogP contribution < -0.4 is 5.84 Å². The highest BCUT2D eigenvalue weighted by molar-refractivity contribution is 5.80. The molecule has 1 aromatic carbocycles. The highest BCUT2D eigenvalue weighted by Crippen LogP contribution is 2.30. The first-order chi connectivity index (χ1) is 7.34. The van der Waals surface area contributed by atoms with Gasteiger partial charge in [0.25, 0.3) is 0 Å². The van der Waals surface area contributed by atoms with Gasteiger partial charge in [0.15, 0.2) is 0 Å². The highest BCUT2D eigenvalue weighted by atomic mass is 15.4. The number of nitrogens with two attached hydrogens (primary N) is 1. The van der Waals surface area contributed by atoms with Gasteiger partial charge in [0.05, 0.1) is 6.04 Å². The average molecular weight is 201 g/mol. The van der Waals surface area contributed by atoms with Crippen molar-refractivity contribution in [3.05, 3.63) is 36.0 Å². The van der Waals surface area contributed by atoms with Gasteiger partial charge in [0, 0.05) is 17.8 Å². The van der Waals surface area contributed by atoms with Crippen LogP contribution in [0.25, 0.3) is 10.9 Å². The summed E-state index contributed by atoms with van der Waals surface area (Å²) in [5.41, 5.74) is 2.45. The Morgan fingerprint density at radius 3 is 2.93 bits per heavy atom. The number of hydrazine groups is 1. The standard InChI is InChI=1S/C12H15N3/c13-15-7-3-6-12(15)11-8-9-4-1-2-5-10(9)14-11/h1-2,4-5,8,12,14H,3,6-7,13H2. The molecule has 1 fully saturated rings. The number of H-pyrrole nitrogens is 1. The van der Waals surface area contributed by atoms with E-state index in [1.54, 1.807) is 0 Å². The van der Waals surface area contributed by atoms with Crippen molar-refractivity contribution < 1.29 is 0 Å². The minimum absolute atomic E-state index is 0.373. The molecule has 1 aromatic heterocycles. The quantitative estimate of drug-likeness (QED) is 0.694. The van der Waals surface area contributed by atoms with Crippen molar-refractivity contribution in [1.29, 1.82) is 0 Å². The fraction of sp³-hybridized carbons (Fsp3) is 0.333. The fourth-order valence-electron chi connectivity index (χ4n) is 2.40. The van der Waals surface area contributed by atoms with Gasteiger partial charge in [-0.15, -0.1) is 0 Å². The Labute approximate surface area is 88.8 Å². The zero-order valence-electron chi connectivity index (χ0n) is 8.61. The first-order valence-electron chi connectivity index (χ1n) is 5.43. The molecule has 1 atom stereocenters. The number of hydrogen-bond donors (Lipinski definition) is 2. The van der Waals surface area contributed by atoms with E-state index in [1.807, 2.05) is 5.01 Å². The summed E-state index contributed by atoms with van der Waals surface area (Å²) in [5, 5.41) is 3.21. The lowest BCUT2D eigenvalue weighted by Crippen LogP contribution is -2.30. The second-order valence-electron chi connectivity index (χ2n) is 4.21. The highest BCUT2D eigenvalue weighted by Gasteiger charge is 2.24. The molecular weight excluding hydrogens is 186 g/mol. The Kier molecular flexibility index (Phi) is 2.01. The zero-order chi connectivity index (χ0) is 10.3. The van der Waals surface area contributed by atoms with Crippen LogP contribution in [0.5, 0.6) is 0 Å². The minimum atomic E-state index is 0.373. The van der Waals surface area contributed by atoms with Gasteiger partial charge < -0.3 is 4.98 Å². The van der Waals surface area contributed by atoms with Gasteiger partial charge >= 0.3 is 0 Å². The number of benzene rings is 1. The molecule has 1 saturated heterocycles. The molecule has 3 N–H and O–H groups in total. The summed E-state index contributed by atoms with van der Waals surface area (Å²) in [5.74, 6) is 5.95. The summed E-state index contributed by atoms with van der Waals surface area (Å²) < 4.78 is 0. The van der Waals surface area contributed by atoms with E-state index in [1.165, 1.54) is 23.0 Å². The van der Waals surface area contributed by atoms with Gasteiger partial charge in [-0.05, 0) is 30.4 Å². The van der Waals surface area contributed by atoms with E-state index < -0.39 is 0 Å². The average Bonchev–Trinajstić information content (AvgIpc) is 2.82. The van der Waals surface area contributed by atoms with E-state index in [9.17, 15) is 0 Å². The molecule has 2 heterocycles. The van der Waals surface area contributed by atoms with Gasteiger partial charge in [-0.1, -0.05) is 18.2 Å². The van der Waals surface area contributed by atoms with Crippen molar-refractivity contribution in [2.24, 2.45) is 5.84 Å². The lowest BCUT2D eigenvalue weighted by molar-refractivity contribution is 0.262. The summed E-state index contributed by atoms with van der Waals surface area (Å²) in [6, 6.07) is 10.9. The SMILES string of the molecule is NN1CCCC1c1cc2ccccc2[nH]1. The molecule has 3 rings (SSSR count). The fourth-order valence-corrected chi connectivity index (χ4v) is 2.40. The number of nitrogens with zero attached hydrogens (tertiary/aromatic N) is 1. The Morgan fingerprint density at radius 1 is 1.33 bits per heavy atom. The summed E-state index contributed by atoms with van der Waals surface area (Å²) >= 11 is 0. The predicted octanol–water partition coefficient (Wildman–Crippen LogP) is 2.18. The van der Waals surface area contributed by atoms with Crippen molar-refractivity contribution in [2.75, 3.05) is 6.54 Å². The summed E-state index contributed by atoms with van der Waals surface area (Å²) in [6.45, 7) is 1.00. The van der Waals surface area contributed by atoms with Crippen molar-refractivity contribution in [2.45, 2.75) is 18.9 Å². The van der Waals surface area contributed by atoms with Crippen molar-refractivity contribution in [3.8, 4) is 0 Å². The molecule has 0 bridgehead atoms. The molecule has 15 heavy (non-hydrogen) atoms. The molecule has 0 spiro atoms. The first-order valence-corrected chi connectivity index (χ1v) is 5.43.